The molecule has 19 heavy (non-hydrogen) atoms. The minimum atomic E-state index is -0.112. The molecule has 98 valence electrons. The Morgan fingerprint density at radius 2 is 1.74 bits per heavy atom. The van der Waals surface area contributed by atoms with Gasteiger partial charge in [-0.2, -0.15) is 0 Å². The van der Waals surface area contributed by atoms with Gasteiger partial charge >= 0.3 is 0 Å². The van der Waals surface area contributed by atoms with Crippen molar-refractivity contribution in [3.05, 3.63) is 53.6 Å². The average Bonchev–Trinajstić information content (AvgIpc) is 2.41. The summed E-state index contributed by atoms with van der Waals surface area (Å²) in [4.78, 5) is 11.3. The van der Waals surface area contributed by atoms with Crippen molar-refractivity contribution in [1.29, 1.82) is 0 Å². The summed E-state index contributed by atoms with van der Waals surface area (Å²) in [6.07, 6.45) is 0. The Morgan fingerprint density at radius 1 is 1.05 bits per heavy atom. The maximum Gasteiger partial charge on any atom is 0.161 e. The van der Waals surface area contributed by atoms with Crippen molar-refractivity contribution in [3.8, 4) is 5.75 Å². The van der Waals surface area contributed by atoms with Crippen LogP contribution in [0.3, 0.4) is 0 Å². The number of nitrogen functional groups attached to an aromatic ring is 2. The van der Waals surface area contributed by atoms with Crippen LogP contribution < -0.4 is 16.2 Å². The van der Waals surface area contributed by atoms with E-state index in [1.54, 1.807) is 12.1 Å². The fraction of sp³-hybridized carbons (Fsp3) is 0.133. The lowest BCUT2D eigenvalue weighted by molar-refractivity contribution is 0.101. The molecule has 0 saturated carbocycles. The van der Waals surface area contributed by atoms with Gasteiger partial charge in [0.25, 0.3) is 0 Å². The summed E-state index contributed by atoms with van der Waals surface area (Å²) < 4.78 is 5.62. The summed E-state index contributed by atoms with van der Waals surface area (Å²) in [5, 5.41) is 0. The number of hydrogen-bond donors (Lipinski definition) is 2. The molecule has 0 aliphatic rings. The first-order chi connectivity index (χ1) is 9.09. The van der Waals surface area contributed by atoms with E-state index >= 15 is 0 Å². The fourth-order valence-electron chi connectivity index (χ4n) is 1.78. The van der Waals surface area contributed by atoms with Gasteiger partial charge < -0.3 is 16.2 Å². The van der Waals surface area contributed by atoms with Crippen LogP contribution in [0.4, 0.5) is 11.4 Å². The van der Waals surface area contributed by atoms with Crippen LogP contribution in [-0.2, 0) is 6.61 Å². The first-order valence-corrected chi connectivity index (χ1v) is 5.95. The highest BCUT2D eigenvalue weighted by atomic mass is 16.5. The topological polar surface area (TPSA) is 78.3 Å². The molecule has 0 atom stereocenters. The Bertz CT molecular complexity index is 595. The highest BCUT2D eigenvalue weighted by Gasteiger charge is 2.12. The van der Waals surface area contributed by atoms with E-state index in [1.165, 1.54) is 6.92 Å². The number of carbonyl (C=O) groups excluding carboxylic acids is 1. The van der Waals surface area contributed by atoms with Gasteiger partial charge in [0.05, 0.1) is 11.4 Å². The van der Waals surface area contributed by atoms with Crippen molar-refractivity contribution in [1.82, 2.24) is 0 Å². The van der Waals surface area contributed by atoms with E-state index in [-0.39, 0.29) is 11.5 Å². The number of ketones is 1. The molecule has 0 fully saturated rings. The molecular formula is C15H16N2O2. The molecule has 0 saturated heterocycles. The van der Waals surface area contributed by atoms with Crippen molar-refractivity contribution in [3.63, 3.8) is 0 Å². The Labute approximate surface area is 112 Å². The van der Waals surface area contributed by atoms with Gasteiger partial charge in [0.2, 0.25) is 0 Å². The fourth-order valence-corrected chi connectivity index (χ4v) is 1.78. The van der Waals surface area contributed by atoms with E-state index in [9.17, 15) is 4.79 Å². The smallest absolute Gasteiger partial charge is 0.161 e. The van der Waals surface area contributed by atoms with Crippen LogP contribution >= 0.6 is 0 Å². The lowest BCUT2D eigenvalue weighted by Crippen LogP contribution is -2.06. The molecule has 0 amide bonds. The number of rotatable bonds is 4. The van der Waals surface area contributed by atoms with E-state index < -0.39 is 0 Å². The number of Topliss-reactive ketones (excluding diaryl/α,β-unsaturated/α-hetero) is 1. The normalized spacial score (nSPS) is 10.2. The van der Waals surface area contributed by atoms with Crippen LogP contribution in [0.2, 0.25) is 0 Å². The van der Waals surface area contributed by atoms with Gasteiger partial charge in [-0.05, 0) is 24.6 Å². The molecule has 0 radical (unpaired) electrons. The van der Waals surface area contributed by atoms with E-state index in [0.717, 1.165) is 5.56 Å². The largest absolute Gasteiger partial charge is 0.487 e. The molecule has 2 rings (SSSR count). The third kappa shape index (κ3) is 2.85. The van der Waals surface area contributed by atoms with Crippen molar-refractivity contribution < 1.29 is 9.53 Å². The molecule has 0 unspecified atom stereocenters. The summed E-state index contributed by atoms with van der Waals surface area (Å²) in [5.74, 6) is 0.380. The number of hydrogen-bond acceptors (Lipinski definition) is 4. The van der Waals surface area contributed by atoms with E-state index in [2.05, 4.69) is 0 Å². The minimum absolute atomic E-state index is 0.112. The molecule has 4 N–H and O–H groups in total. The van der Waals surface area contributed by atoms with Gasteiger partial charge in [-0.15, -0.1) is 0 Å². The highest BCUT2D eigenvalue weighted by Crippen LogP contribution is 2.31. The average molecular weight is 256 g/mol. The van der Waals surface area contributed by atoms with Crippen LogP contribution in [0.25, 0.3) is 0 Å². The Balaban J connectivity index is 2.18. The number of carbonyl (C=O) groups is 1. The lowest BCUT2D eigenvalue weighted by atomic mass is 10.1. The summed E-state index contributed by atoms with van der Waals surface area (Å²) >= 11 is 0. The zero-order chi connectivity index (χ0) is 13.8. The molecule has 4 nitrogen and oxygen atoms in total. The second-order valence-electron chi connectivity index (χ2n) is 4.27. The number of nitrogens with two attached hydrogens (primary N) is 2. The zero-order valence-electron chi connectivity index (χ0n) is 10.7. The molecule has 0 aliphatic heterocycles. The number of benzene rings is 2. The van der Waals surface area contributed by atoms with Crippen molar-refractivity contribution in [2.45, 2.75) is 13.5 Å². The monoisotopic (exact) mass is 256 g/mol. The van der Waals surface area contributed by atoms with Crippen molar-refractivity contribution in [2.75, 3.05) is 11.5 Å². The molecule has 0 spiro atoms. The third-order valence-corrected chi connectivity index (χ3v) is 2.86. The summed E-state index contributed by atoms with van der Waals surface area (Å²) in [6.45, 7) is 1.86. The van der Waals surface area contributed by atoms with Gasteiger partial charge in [-0.1, -0.05) is 30.3 Å². The molecule has 0 bridgehead atoms. The third-order valence-electron chi connectivity index (χ3n) is 2.86. The lowest BCUT2D eigenvalue weighted by Gasteiger charge is -2.12. The van der Waals surface area contributed by atoms with Crippen molar-refractivity contribution in [2.24, 2.45) is 0 Å². The summed E-state index contributed by atoms with van der Waals surface area (Å²) in [6, 6.07) is 13.1. The predicted octanol–water partition coefficient (Wildman–Crippen LogP) is 2.63. The summed E-state index contributed by atoms with van der Waals surface area (Å²) in [7, 11) is 0. The quantitative estimate of drug-likeness (QED) is 0.651. The maximum atomic E-state index is 11.3. The van der Waals surface area contributed by atoms with E-state index in [1.807, 2.05) is 30.3 Å². The van der Waals surface area contributed by atoms with Gasteiger partial charge in [-0.25, -0.2) is 0 Å². The zero-order valence-corrected chi connectivity index (χ0v) is 10.7. The highest BCUT2D eigenvalue weighted by molar-refractivity contribution is 6.02. The molecular weight excluding hydrogens is 240 g/mol. The predicted molar refractivity (Wildman–Crippen MR) is 76.0 cm³/mol. The second kappa shape index (κ2) is 5.44. The van der Waals surface area contributed by atoms with E-state index in [4.69, 9.17) is 16.2 Å². The van der Waals surface area contributed by atoms with E-state index in [0.29, 0.717) is 23.6 Å². The van der Waals surface area contributed by atoms with Gasteiger partial charge in [-0.3, -0.25) is 4.79 Å². The standard InChI is InChI=1S/C15H16N2O2/c1-10(18)12-7-8-13(15(17)14(12)16)19-9-11-5-3-2-4-6-11/h2-8H,9,16-17H2,1H3. The van der Waals surface area contributed by atoms with Crippen molar-refractivity contribution >= 4 is 17.2 Å². The van der Waals surface area contributed by atoms with Crippen LogP contribution in [0.5, 0.6) is 5.75 Å². The van der Waals surface area contributed by atoms with Crippen LogP contribution in [0, 0.1) is 0 Å². The molecule has 4 heteroatoms. The number of ether oxygens (including phenoxy) is 1. The van der Waals surface area contributed by atoms with Crippen LogP contribution in [-0.4, -0.2) is 5.78 Å². The molecule has 0 heterocycles. The summed E-state index contributed by atoms with van der Waals surface area (Å²) in [5.41, 5.74) is 13.8. The first kappa shape index (κ1) is 13.0. The van der Waals surface area contributed by atoms with Gasteiger partial charge in [0.15, 0.2) is 5.78 Å². The SMILES string of the molecule is CC(=O)c1ccc(OCc2ccccc2)c(N)c1N. The van der Waals surface area contributed by atoms with Crippen LogP contribution in [0.15, 0.2) is 42.5 Å². The second-order valence-corrected chi connectivity index (χ2v) is 4.27. The van der Waals surface area contributed by atoms with Gasteiger partial charge in [0.1, 0.15) is 12.4 Å². The molecule has 2 aromatic rings. The first-order valence-electron chi connectivity index (χ1n) is 5.95. The van der Waals surface area contributed by atoms with Gasteiger partial charge in [0, 0.05) is 5.56 Å². The molecule has 0 aromatic heterocycles. The van der Waals surface area contributed by atoms with Crippen LogP contribution in [0.1, 0.15) is 22.8 Å². The Hall–Kier alpha value is -2.49. The Kier molecular flexibility index (Phi) is 3.71. The minimum Gasteiger partial charge on any atom is -0.487 e. The molecule has 0 aliphatic carbocycles. The number of anilines is 2. The Morgan fingerprint density at radius 3 is 2.37 bits per heavy atom. The maximum absolute atomic E-state index is 11.3. The molecule has 2 aromatic carbocycles.